The third-order valence-corrected chi connectivity index (χ3v) is 6.21. The van der Waals surface area contributed by atoms with Crippen LogP contribution in [-0.4, -0.2) is 24.0 Å². The van der Waals surface area contributed by atoms with Gasteiger partial charge in [-0.3, -0.25) is 9.59 Å². The largest absolute Gasteiger partial charge is 0.422 e. The summed E-state index contributed by atoms with van der Waals surface area (Å²) in [5.41, 5.74) is 4.20. The molecule has 4 aromatic carbocycles. The van der Waals surface area contributed by atoms with Crippen LogP contribution in [-0.2, 0) is 0 Å². The summed E-state index contributed by atoms with van der Waals surface area (Å²) in [4.78, 5) is 37.7. The summed E-state index contributed by atoms with van der Waals surface area (Å²) in [7, 11) is 0. The molecular weight excluding hydrogens is 593 g/mol. The van der Waals surface area contributed by atoms with Crippen molar-refractivity contribution in [3.8, 4) is 5.75 Å². The first-order valence-corrected chi connectivity index (χ1v) is 12.6. The van der Waals surface area contributed by atoms with Crippen molar-refractivity contribution >= 4 is 68.8 Å². The Morgan fingerprint density at radius 3 is 2.34 bits per heavy atom. The molecular formula is C28H18BrCl2N3O4. The van der Waals surface area contributed by atoms with E-state index in [2.05, 4.69) is 31.8 Å². The third-order valence-electron chi connectivity index (χ3n) is 5.13. The number of esters is 1. The molecule has 0 spiro atoms. The summed E-state index contributed by atoms with van der Waals surface area (Å²) in [5, 5.41) is 7.31. The molecule has 0 atom stereocenters. The Hall–Kier alpha value is -3.98. The molecule has 2 amide bonds. The summed E-state index contributed by atoms with van der Waals surface area (Å²) in [6, 6.07) is 24.4. The molecule has 0 bridgehead atoms. The SMILES string of the molecule is O=C(NN=Cc1ccccc1OC(=O)c1ccc(Br)cc1)c1cccc(NC(=O)c2ccc(Cl)cc2Cl)c1. The summed E-state index contributed by atoms with van der Waals surface area (Å²) >= 11 is 15.3. The molecule has 0 radical (unpaired) electrons. The van der Waals surface area contributed by atoms with E-state index in [1.807, 2.05) is 0 Å². The van der Waals surface area contributed by atoms with Crippen molar-refractivity contribution in [1.29, 1.82) is 0 Å². The van der Waals surface area contributed by atoms with Gasteiger partial charge in [0.15, 0.2) is 0 Å². The average Bonchev–Trinajstić information content (AvgIpc) is 2.90. The molecule has 0 aliphatic carbocycles. The van der Waals surface area contributed by atoms with Crippen molar-refractivity contribution < 1.29 is 19.1 Å². The van der Waals surface area contributed by atoms with Crippen molar-refractivity contribution in [2.45, 2.75) is 0 Å². The number of hydrogen-bond donors (Lipinski definition) is 2. The number of carbonyl (C=O) groups excluding carboxylic acids is 3. The number of hydrogen-bond acceptors (Lipinski definition) is 5. The number of benzene rings is 4. The van der Waals surface area contributed by atoms with Crippen LogP contribution in [0, 0.1) is 0 Å². The van der Waals surface area contributed by atoms with Gasteiger partial charge in [-0.1, -0.05) is 57.3 Å². The lowest BCUT2D eigenvalue weighted by atomic mass is 10.1. The van der Waals surface area contributed by atoms with E-state index in [-0.39, 0.29) is 21.9 Å². The molecule has 0 unspecified atom stereocenters. The number of nitrogens with zero attached hydrogens (tertiary/aromatic N) is 1. The molecule has 0 fully saturated rings. The van der Waals surface area contributed by atoms with Crippen LogP contribution >= 0.6 is 39.1 Å². The van der Waals surface area contributed by atoms with Crippen molar-refractivity contribution in [3.63, 3.8) is 0 Å². The van der Waals surface area contributed by atoms with Gasteiger partial charge in [0.25, 0.3) is 11.8 Å². The number of amides is 2. The highest BCUT2D eigenvalue weighted by Crippen LogP contribution is 2.23. The zero-order valence-corrected chi connectivity index (χ0v) is 22.5. The smallest absolute Gasteiger partial charge is 0.343 e. The van der Waals surface area contributed by atoms with Gasteiger partial charge >= 0.3 is 5.97 Å². The second-order valence-corrected chi connectivity index (χ2v) is 9.55. The fourth-order valence-corrected chi connectivity index (χ4v) is 4.02. The van der Waals surface area contributed by atoms with Crippen LogP contribution in [0.1, 0.15) is 36.6 Å². The van der Waals surface area contributed by atoms with Gasteiger partial charge in [0.05, 0.1) is 22.4 Å². The van der Waals surface area contributed by atoms with Crippen LogP contribution in [0.5, 0.6) is 5.75 Å². The highest BCUT2D eigenvalue weighted by Gasteiger charge is 2.13. The number of hydrazone groups is 1. The number of carbonyl (C=O) groups is 3. The lowest BCUT2D eigenvalue weighted by molar-refractivity contribution is 0.0734. The lowest BCUT2D eigenvalue weighted by Crippen LogP contribution is -2.18. The van der Waals surface area contributed by atoms with Gasteiger partial charge in [-0.05, 0) is 72.8 Å². The molecule has 0 aliphatic heterocycles. The van der Waals surface area contributed by atoms with E-state index in [0.717, 1.165) is 4.47 Å². The minimum atomic E-state index is -0.527. The second-order valence-electron chi connectivity index (χ2n) is 7.79. The number of para-hydroxylation sites is 1. The molecule has 190 valence electrons. The van der Waals surface area contributed by atoms with Crippen molar-refractivity contribution in [3.05, 3.63) is 128 Å². The van der Waals surface area contributed by atoms with Crippen LogP contribution in [0.4, 0.5) is 5.69 Å². The van der Waals surface area contributed by atoms with Crippen molar-refractivity contribution in [2.24, 2.45) is 5.10 Å². The predicted octanol–water partition coefficient (Wildman–Crippen LogP) is 6.99. The maximum Gasteiger partial charge on any atom is 0.343 e. The van der Waals surface area contributed by atoms with E-state index < -0.39 is 17.8 Å². The standard InChI is InChI=1S/C28H18BrCl2N3O4/c29-20-10-8-17(9-11-20)28(37)38-25-7-2-1-4-19(25)16-32-34-26(35)18-5-3-6-22(14-18)33-27(36)23-13-12-21(30)15-24(23)31/h1-16H,(H,33,36)(H,34,35). The topological polar surface area (TPSA) is 96.9 Å². The van der Waals surface area contributed by atoms with Crippen LogP contribution in [0.25, 0.3) is 0 Å². The summed E-state index contributed by atoms with van der Waals surface area (Å²) in [5.74, 6) is -1.20. The molecule has 38 heavy (non-hydrogen) atoms. The van der Waals surface area contributed by atoms with E-state index >= 15 is 0 Å². The fourth-order valence-electron chi connectivity index (χ4n) is 3.26. The first kappa shape index (κ1) is 27.1. The van der Waals surface area contributed by atoms with Gasteiger partial charge in [0, 0.05) is 26.3 Å². The Kier molecular flexibility index (Phi) is 8.91. The molecule has 2 N–H and O–H groups in total. The number of halogens is 3. The van der Waals surface area contributed by atoms with Gasteiger partial charge < -0.3 is 10.1 Å². The fraction of sp³-hybridized carbons (Fsp3) is 0. The van der Waals surface area contributed by atoms with Crippen molar-refractivity contribution in [2.75, 3.05) is 5.32 Å². The Balaban J connectivity index is 1.40. The van der Waals surface area contributed by atoms with E-state index in [1.54, 1.807) is 72.8 Å². The Bertz CT molecular complexity index is 1540. The number of nitrogens with one attached hydrogen (secondary N) is 2. The number of ether oxygens (including phenoxy) is 1. The maximum absolute atomic E-state index is 12.6. The lowest BCUT2D eigenvalue weighted by Gasteiger charge is -2.09. The quantitative estimate of drug-likeness (QED) is 0.102. The Morgan fingerprint density at radius 1 is 0.816 bits per heavy atom. The second kappa shape index (κ2) is 12.5. The average molecular weight is 611 g/mol. The molecule has 4 aromatic rings. The summed E-state index contributed by atoms with van der Waals surface area (Å²) < 4.78 is 6.35. The summed E-state index contributed by atoms with van der Waals surface area (Å²) in [6.45, 7) is 0. The van der Waals surface area contributed by atoms with Gasteiger partial charge in [-0.2, -0.15) is 5.10 Å². The van der Waals surface area contributed by atoms with Crippen LogP contribution in [0.15, 0.2) is 101 Å². The van der Waals surface area contributed by atoms with E-state index in [9.17, 15) is 14.4 Å². The van der Waals surface area contributed by atoms with E-state index in [0.29, 0.717) is 21.8 Å². The van der Waals surface area contributed by atoms with Crippen LogP contribution in [0.2, 0.25) is 10.0 Å². The molecule has 0 aromatic heterocycles. The van der Waals surface area contributed by atoms with Crippen LogP contribution < -0.4 is 15.5 Å². The molecule has 10 heteroatoms. The zero-order chi connectivity index (χ0) is 27.1. The van der Waals surface area contributed by atoms with E-state index in [4.69, 9.17) is 27.9 Å². The number of rotatable bonds is 7. The third kappa shape index (κ3) is 7.07. The van der Waals surface area contributed by atoms with Gasteiger partial charge in [-0.25, -0.2) is 10.2 Å². The summed E-state index contributed by atoms with van der Waals surface area (Å²) in [6.07, 6.45) is 1.37. The highest BCUT2D eigenvalue weighted by atomic mass is 79.9. The minimum absolute atomic E-state index is 0.209. The van der Waals surface area contributed by atoms with Gasteiger partial charge in [0.2, 0.25) is 0 Å². The molecule has 0 aliphatic rings. The Labute approximate surface area is 236 Å². The predicted molar refractivity (Wildman–Crippen MR) is 151 cm³/mol. The first-order valence-electron chi connectivity index (χ1n) is 11.1. The number of anilines is 1. The van der Waals surface area contributed by atoms with Crippen molar-refractivity contribution in [1.82, 2.24) is 5.43 Å². The highest BCUT2D eigenvalue weighted by molar-refractivity contribution is 9.10. The van der Waals surface area contributed by atoms with E-state index in [1.165, 1.54) is 24.4 Å². The van der Waals surface area contributed by atoms with Crippen LogP contribution in [0.3, 0.4) is 0 Å². The molecule has 0 saturated carbocycles. The molecule has 0 heterocycles. The molecule has 7 nitrogen and oxygen atoms in total. The molecule has 4 rings (SSSR count). The zero-order valence-electron chi connectivity index (χ0n) is 19.5. The first-order chi connectivity index (χ1) is 18.3. The minimum Gasteiger partial charge on any atom is -0.422 e. The van der Waals surface area contributed by atoms with Gasteiger partial charge in [0.1, 0.15) is 5.75 Å². The van der Waals surface area contributed by atoms with Gasteiger partial charge in [-0.15, -0.1) is 0 Å². The molecule has 0 saturated heterocycles. The maximum atomic E-state index is 12.6. The monoisotopic (exact) mass is 609 g/mol. The Morgan fingerprint density at radius 2 is 1.58 bits per heavy atom. The normalized spacial score (nSPS) is 10.7.